The number of rotatable bonds is 3. The lowest BCUT2D eigenvalue weighted by atomic mass is 10.2. The van der Waals surface area contributed by atoms with Gasteiger partial charge in [0, 0.05) is 24.5 Å². The van der Waals surface area contributed by atoms with Gasteiger partial charge in [0.05, 0.1) is 18.2 Å². The van der Waals surface area contributed by atoms with Crippen LogP contribution in [0, 0.1) is 0 Å². The van der Waals surface area contributed by atoms with E-state index >= 15 is 0 Å². The van der Waals surface area contributed by atoms with Crippen molar-refractivity contribution in [2.24, 2.45) is 0 Å². The molecule has 0 aliphatic carbocycles. The van der Waals surface area contributed by atoms with Crippen LogP contribution in [0.15, 0.2) is 24.3 Å². The number of fused-ring (bicyclic) bond motifs is 2. The molecule has 2 unspecified atom stereocenters. The Kier molecular flexibility index (Phi) is 3.34. The molecule has 106 valence electrons. The van der Waals surface area contributed by atoms with Crippen molar-refractivity contribution in [2.45, 2.75) is 25.0 Å². The summed E-state index contributed by atoms with van der Waals surface area (Å²) >= 11 is 1.54. The largest absolute Gasteiger partial charge is 0.373 e. The van der Waals surface area contributed by atoms with E-state index in [-0.39, 0.29) is 0 Å². The van der Waals surface area contributed by atoms with E-state index in [1.54, 1.807) is 11.5 Å². The molecule has 2 aromatic rings. The number of hydrogen-bond acceptors (Lipinski definition) is 5. The highest BCUT2D eigenvalue weighted by Gasteiger charge is 2.32. The second kappa shape index (κ2) is 5.31. The first-order chi connectivity index (χ1) is 9.90. The average molecular weight is 289 g/mol. The number of aromatic nitrogens is 1. The maximum Gasteiger partial charge on any atom is 0.117 e. The summed E-state index contributed by atoms with van der Waals surface area (Å²) in [5.74, 6) is 0. The van der Waals surface area contributed by atoms with E-state index in [0.29, 0.717) is 12.1 Å². The predicted molar refractivity (Wildman–Crippen MR) is 82.4 cm³/mol. The lowest BCUT2D eigenvalue weighted by Gasteiger charge is -2.35. The van der Waals surface area contributed by atoms with Gasteiger partial charge in [-0.3, -0.25) is 4.90 Å². The summed E-state index contributed by atoms with van der Waals surface area (Å²) in [5.41, 5.74) is 1.07. The SMILES string of the molecule is c1ccc2c(NCC3CN4CCCC4CO3)snc2c1. The van der Waals surface area contributed by atoms with Gasteiger partial charge in [-0.25, -0.2) is 0 Å². The highest BCUT2D eigenvalue weighted by Crippen LogP contribution is 2.28. The topological polar surface area (TPSA) is 37.4 Å². The Morgan fingerprint density at radius 3 is 3.35 bits per heavy atom. The molecule has 5 heteroatoms. The first kappa shape index (κ1) is 12.6. The molecule has 2 atom stereocenters. The molecule has 1 aromatic heterocycles. The highest BCUT2D eigenvalue weighted by atomic mass is 32.1. The van der Waals surface area contributed by atoms with E-state index in [9.17, 15) is 0 Å². The fraction of sp³-hybridized carbons (Fsp3) is 0.533. The third kappa shape index (κ3) is 2.30. The Hall–Kier alpha value is -1.17. The highest BCUT2D eigenvalue weighted by molar-refractivity contribution is 7.11. The molecule has 2 aliphatic rings. The Morgan fingerprint density at radius 1 is 1.40 bits per heavy atom. The van der Waals surface area contributed by atoms with E-state index in [1.165, 1.54) is 24.8 Å². The number of anilines is 1. The lowest BCUT2D eigenvalue weighted by molar-refractivity contribution is -0.0415. The quantitative estimate of drug-likeness (QED) is 0.942. The number of nitrogens with one attached hydrogen (secondary N) is 1. The maximum absolute atomic E-state index is 5.98. The third-order valence-electron chi connectivity index (χ3n) is 4.34. The van der Waals surface area contributed by atoms with Gasteiger partial charge in [0.1, 0.15) is 5.00 Å². The van der Waals surface area contributed by atoms with E-state index in [4.69, 9.17) is 4.74 Å². The molecule has 1 aromatic carbocycles. The summed E-state index contributed by atoms with van der Waals surface area (Å²) < 4.78 is 10.4. The molecule has 0 radical (unpaired) electrons. The van der Waals surface area contributed by atoms with Crippen molar-refractivity contribution < 1.29 is 4.74 Å². The molecule has 3 heterocycles. The molecule has 0 saturated carbocycles. The van der Waals surface area contributed by atoms with Crippen LogP contribution in [0.25, 0.3) is 10.9 Å². The van der Waals surface area contributed by atoms with Crippen LogP contribution >= 0.6 is 11.5 Å². The van der Waals surface area contributed by atoms with Crippen LogP contribution in [0.3, 0.4) is 0 Å². The molecule has 20 heavy (non-hydrogen) atoms. The monoisotopic (exact) mass is 289 g/mol. The van der Waals surface area contributed by atoms with Crippen molar-refractivity contribution in [1.29, 1.82) is 0 Å². The molecular formula is C15H19N3OS. The van der Waals surface area contributed by atoms with Crippen molar-refractivity contribution in [2.75, 3.05) is 31.6 Å². The molecule has 0 amide bonds. The summed E-state index contributed by atoms with van der Waals surface area (Å²) in [6.45, 7) is 4.08. The fourth-order valence-electron chi connectivity index (χ4n) is 3.23. The number of hydrogen-bond donors (Lipinski definition) is 1. The predicted octanol–water partition coefficient (Wildman–Crippen LogP) is 2.57. The summed E-state index contributed by atoms with van der Waals surface area (Å²) in [4.78, 5) is 2.58. The average Bonchev–Trinajstić information content (AvgIpc) is 3.11. The smallest absolute Gasteiger partial charge is 0.117 e. The lowest BCUT2D eigenvalue weighted by Crippen LogP contribution is -2.48. The van der Waals surface area contributed by atoms with Gasteiger partial charge < -0.3 is 10.1 Å². The van der Waals surface area contributed by atoms with Crippen molar-refractivity contribution in [1.82, 2.24) is 9.27 Å². The van der Waals surface area contributed by atoms with Crippen LogP contribution in [-0.2, 0) is 4.74 Å². The summed E-state index contributed by atoms with van der Waals surface area (Å²) in [6, 6.07) is 8.95. The van der Waals surface area contributed by atoms with E-state index in [2.05, 4.69) is 32.8 Å². The normalized spacial score (nSPS) is 26.8. The van der Waals surface area contributed by atoms with Gasteiger partial charge in [0.25, 0.3) is 0 Å². The van der Waals surface area contributed by atoms with Gasteiger partial charge in [-0.05, 0) is 43.1 Å². The van der Waals surface area contributed by atoms with Gasteiger partial charge in [0.2, 0.25) is 0 Å². The van der Waals surface area contributed by atoms with Crippen LogP contribution < -0.4 is 5.32 Å². The number of nitrogens with zero attached hydrogens (tertiary/aromatic N) is 2. The minimum atomic E-state index is 0.296. The van der Waals surface area contributed by atoms with Crippen LogP contribution in [0.1, 0.15) is 12.8 Å². The number of benzene rings is 1. The van der Waals surface area contributed by atoms with Gasteiger partial charge in [-0.2, -0.15) is 4.37 Å². The maximum atomic E-state index is 5.98. The minimum Gasteiger partial charge on any atom is -0.373 e. The number of morpholine rings is 1. The van der Waals surface area contributed by atoms with Crippen molar-refractivity contribution >= 4 is 27.4 Å². The Balaban J connectivity index is 1.40. The first-order valence-corrected chi connectivity index (χ1v) is 8.11. The zero-order valence-corrected chi connectivity index (χ0v) is 12.2. The van der Waals surface area contributed by atoms with E-state index in [1.807, 2.05) is 6.07 Å². The fourth-order valence-corrected chi connectivity index (χ4v) is 4.00. The van der Waals surface area contributed by atoms with E-state index < -0.39 is 0 Å². The molecule has 0 spiro atoms. The molecule has 1 N–H and O–H groups in total. The van der Waals surface area contributed by atoms with Crippen LogP contribution in [0.4, 0.5) is 5.00 Å². The first-order valence-electron chi connectivity index (χ1n) is 7.34. The molecule has 2 saturated heterocycles. The number of ether oxygens (including phenoxy) is 1. The van der Waals surface area contributed by atoms with Crippen LogP contribution in [0.5, 0.6) is 0 Å². The van der Waals surface area contributed by atoms with E-state index in [0.717, 1.165) is 30.2 Å². The molecule has 4 nitrogen and oxygen atoms in total. The van der Waals surface area contributed by atoms with Crippen LogP contribution in [-0.4, -0.2) is 47.7 Å². The summed E-state index contributed by atoms with van der Waals surface area (Å²) in [6.07, 6.45) is 2.93. The van der Waals surface area contributed by atoms with Crippen molar-refractivity contribution in [3.63, 3.8) is 0 Å². The minimum absolute atomic E-state index is 0.296. The Morgan fingerprint density at radius 2 is 2.35 bits per heavy atom. The van der Waals surface area contributed by atoms with Crippen LogP contribution in [0.2, 0.25) is 0 Å². The van der Waals surface area contributed by atoms with Gasteiger partial charge in [-0.15, -0.1) is 0 Å². The van der Waals surface area contributed by atoms with Gasteiger partial charge in [0.15, 0.2) is 0 Å². The van der Waals surface area contributed by atoms with Crippen molar-refractivity contribution in [3.8, 4) is 0 Å². The van der Waals surface area contributed by atoms with Gasteiger partial charge >= 0.3 is 0 Å². The second-order valence-corrected chi connectivity index (χ2v) is 6.43. The standard InChI is InChI=1S/C15H19N3OS/c1-2-6-14-13(5-1)15(20-17-14)16-8-12-9-18-7-3-4-11(18)10-19-12/h1-2,5-6,11-12,16H,3-4,7-10H2. The second-order valence-electron chi connectivity index (χ2n) is 5.66. The molecule has 2 fully saturated rings. The Bertz CT molecular complexity index is 600. The Labute approximate surface area is 122 Å². The summed E-state index contributed by atoms with van der Waals surface area (Å²) in [5, 5.41) is 5.90. The molecule has 4 rings (SSSR count). The van der Waals surface area contributed by atoms with Crippen molar-refractivity contribution in [3.05, 3.63) is 24.3 Å². The summed E-state index contributed by atoms with van der Waals surface area (Å²) in [7, 11) is 0. The molecular weight excluding hydrogens is 270 g/mol. The molecule has 2 aliphatic heterocycles. The van der Waals surface area contributed by atoms with Gasteiger partial charge in [-0.1, -0.05) is 12.1 Å². The third-order valence-corrected chi connectivity index (χ3v) is 5.17. The molecule has 0 bridgehead atoms. The zero-order chi connectivity index (χ0) is 13.4. The zero-order valence-electron chi connectivity index (χ0n) is 11.4.